The predicted octanol–water partition coefficient (Wildman–Crippen LogP) is 12.9. The van der Waals surface area contributed by atoms with Crippen LogP contribution in [0.15, 0.2) is 158 Å². The van der Waals surface area contributed by atoms with Gasteiger partial charge in [-0.2, -0.15) is 0 Å². The fourth-order valence-corrected chi connectivity index (χ4v) is 8.88. The van der Waals surface area contributed by atoms with E-state index in [1.165, 1.54) is 66.4 Å². The van der Waals surface area contributed by atoms with Gasteiger partial charge in [0, 0.05) is 27.5 Å². The topological polar surface area (TPSA) is 25.8 Å². The highest BCUT2D eigenvalue weighted by Gasteiger charge is 2.38. The van der Waals surface area contributed by atoms with Crippen molar-refractivity contribution in [3.63, 3.8) is 0 Å². The van der Waals surface area contributed by atoms with Crippen LogP contribution < -0.4 is 0 Å². The molecule has 0 saturated heterocycles. The fourth-order valence-electron chi connectivity index (χ4n) is 8.88. The predicted molar refractivity (Wildman–Crippen MR) is 216 cm³/mol. The molecule has 0 spiro atoms. The second-order valence-corrected chi connectivity index (χ2v) is 15.4. The Hall–Kier alpha value is -6.12. The van der Waals surface area contributed by atoms with Gasteiger partial charge in [-0.05, 0) is 96.7 Å². The standard InChI is InChI=1S/C50H38N2/c1-49(2)41-22-11-10-20-38(41)39-25-24-36(29-43(39)49)46-30-45(51-48(52-46)31-14-6-5-7-15-31)35-19-12-18-34(26-35)37-21-13-23-42-47(37)40-27-32-16-8-9-17-33(32)28-44(40)50(42,3)4/h5-30H,1-4H3. The van der Waals surface area contributed by atoms with Crippen LogP contribution in [-0.2, 0) is 10.8 Å². The van der Waals surface area contributed by atoms with E-state index in [0.29, 0.717) is 0 Å². The van der Waals surface area contributed by atoms with E-state index in [4.69, 9.17) is 9.97 Å². The maximum atomic E-state index is 5.22. The van der Waals surface area contributed by atoms with Crippen molar-refractivity contribution < 1.29 is 0 Å². The van der Waals surface area contributed by atoms with Crippen molar-refractivity contribution in [2.45, 2.75) is 38.5 Å². The van der Waals surface area contributed by atoms with Crippen molar-refractivity contribution in [2.24, 2.45) is 0 Å². The SMILES string of the molecule is CC1(C)c2ccccc2-c2ccc(-c3cc(-c4cccc(-c5cccc6c5-c5cc7ccccc7cc5C6(C)C)c4)nc(-c4ccccc4)n3)cc21. The number of fused-ring (bicyclic) bond motifs is 7. The summed E-state index contributed by atoms with van der Waals surface area (Å²) in [6.07, 6.45) is 0. The first-order valence-electron chi connectivity index (χ1n) is 18.2. The number of hydrogen-bond acceptors (Lipinski definition) is 2. The highest BCUT2D eigenvalue weighted by atomic mass is 14.9. The summed E-state index contributed by atoms with van der Waals surface area (Å²) in [4.78, 5) is 10.4. The summed E-state index contributed by atoms with van der Waals surface area (Å²) < 4.78 is 0. The Bertz CT molecular complexity index is 2730. The Kier molecular flexibility index (Phi) is 6.60. The van der Waals surface area contributed by atoms with Crippen LogP contribution >= 0.6 is 0 Å². The molecule has 2 nitrogen and oxygen atoms in total. The Balaban J connectivity index is 1.13. The van der Waals surface area contributed by atoms with Crippen molar-refractivity contribution in [1.82, 2.24) is 9.97 Å². The van der Waals surface area contributed by atoms with Crippen LogP contribution in [0.5, 0.6) is 0 Å². The van der Waals surface area contributed by atoms with E-state index in [0.717, 1.165) is 33.9 Å². The molecule has 248 valence electrons. The van der Waals surface area contributed by atoms with E-state index < -0.39 is 0 Å². The minimum atomic E-state index is -0.0970. The molecule has 10 rings (SSSR count). The van der Waals surface area contributed by atoms with Crippen LogP contribution in [0, 0.1) is 0 Å². The summed E-state index contributed by atoms with van der Waals surface area (Å²) in [5.41, 5.74) is 18.0. The summed E-state index contributed by atoms with van der Waals surface area (Å²) in [7, 11) is 0. The third-order valence-corrected chi connectivity index (χ3v) is 11.7. The zero-order valence-electron chi connectivity index (χ0n) is 29.9. The van der Waals surface area contributed by atoms with Gasteiger partial charge in [0.1, 0.15) is 0 Å². The van der Waals surface area contributed by atoms with Crippen LogP contribution in [0.2, 0.25) is 0 Å². The van der Waals surface area contributed by atoms with E-state index in [1.807, 2.05) is 6.07 Å². The molecule has 0 amide bonds. The summed E-state index contributed by atoms with van der Waals surface area (Å²) in [5, 5.41) is 2.56. The molecule has 1 heterocycles. The first-order chi connectivity index (χ1) is 25.3. The molecule has 2 heteroatoms. The fraction of sp³-hybridized carbons (Fsp3) is 0.120. The maximum absolute atomic E-state index is 5.22. The Labute approximate surface area is 305 Å². The minimum absolute atomic E-state index is 0.0934. The van der Waals surface area contributed by atoms with Crippen LogP contribution in [-0.4, -0.2) is 9.97 Å². The van der Waals surface area contributed by atoms with Gasteiger partial charge in [0.2, 0.25) is 0 Å². The van der Waals surface area contributed by atoms with Gasteiger partial charge in [0.25, 0.3) is 0 Å². The smallest absolute Gasteiger partial charge is 0.160 e. The highest BCUT2D eigenvalue weighted by Crippen LogP contribution is 2.53. The average Bonchev–Trinajstić information content (AvgIpc) is 3.56. The van der Waals surface area contributed by atoms with Gasteiger partial charge in [0.05, 0.1) is 11.4 Å². The van der Waals surface area contributed by atoms with E-state index in [2.05, 4.69) is 179 Å². The minimum Gasteiger partial charge on any atom is -0.228 e. The number of aromatic nitrogens is 2. The lowest BCUT2D eigenvalue weighted by Crippen LogP contribution is -2.14. The van der Waals surface area contributed by atoms with Gasteiger partial charge in [-0.3, -0.25) is 0 Å². The molecule has 2 aliphatic carbocycles. The summed E-state index contributed by atoms with van der Waals surface area (Å²) >= 11 is 0. The van der Waals surface area contributed by atoms with E-state index >= 15 is 0 Å². The third-order valence-electron chi connectivity index (χ3n) is 11.7. The number of rotatable bonds is 4. The molecule has 0 N–H and O–H groups in total. The lowest BCUT2D eigenvalue weighted by atomic mass is 9.81. The van der Waals surface area contributed by atoms with Crippen LogP contribution in [0.1, 0.15) is 49.9 Å². The molecule has 8 aromatic rings. The molecule has 1 aromatic heterocycles. The summed E-state index contributed by atoms with van der Waals surface area (Å²) in [6.45, 7) is 9.38. The second kappa shape index (κ2) is 11.2. The van der Waals surface area contributed by atoms with Gasteiger partial charge in [-0.25, -0.2) is 9.97 Å². The van der Waals surface area contributed by atoms with Gasteiger partial charge in [0.15, 0.2) is 5.82 Å². The van der Waals surface area contributed by atoms with E-state index in [9.17, 15) is 0 Å². The molecule has 0 saturated carbocycles. The zero-order chi connectivity index (χ0) is 35.2. The molecule has 52 heavy (non-hydrogen) atoms. The van der Waals surface area contributed by atoms with Crippen LogP contribution in [0.4, 0.5) is 0 Å². The van der Waals surface area contributed by atoms with Gasteiger partial charge in [-0.1, -0.05) is 155 Å². The lowest BCUT2D eigenvalue weighted by molar-refractivity contribution is 0.660. The maximum Gasteiger partial charge on any atom is 0.160 e. The van der Waals surface area contributed by atoms with Gasteiger partial charge >= 0.3 is 0 Å². The van der Waals surface area contributed by atoms with Crippen molar-refractivity contribution in [3.05, 3.63) is 180 Å². The third kappa shape index (κ3) is 4.57. The molecule has 2 aliphatic rings. The van der Waals surface area contributed by atoms with Crippen LogP contribution in [0.3, 0.4) is 0 Å². The monoisotopic (exact) mass is 666 g/mol. The number of benzene rings is 7. The molecular formula is C50H38N2. The van der Waals surface area contributed by atoms with Crippen molar-refractivity contribution >= 4 is 10.8 Å². The molecule has 0 bridgehead atoms. The largest absolute Gasteiger partial charge is 0.228 e. The van der Waals surface area contributed by atoms with Gasteiger partial charge in [-0.15, -0.1) is 0 Å². The first-order valence-corrected chi connectivity index (χ1v) is 18.2. The molecule has 0 fully saturated rings. The molecule has 0 unspecified atom stereocenters. The number of nitrogens with zero attached hydrogens (tertiary/aromatic N) is 2. The Morgan fingerprint density at radius 2 is 0.904 bits per heavy atom. The summed E-state index contributed by atoms with van der Waals surface area (Å²) in [5.74, 6) is 0.727. The first kappa shape index (κ1) is 30.7. The zero-order valence-corrected chi connectivity index (χ0v) is 29.9. The average molecular weight is 667 g/mol. The highest BCUT2D eigenvalue weighted by molar-refractivity contribution is 5.99. The van der Waals surface area contributed by atoms with Crippen molar-refractivity contribution in [2.75, 3.05) is 0 Å². The van der Waals surface area contributed by atoms with Crippen LogP contribution in [0.25, 0.3) is 78.1 Å². The molecular weight excluding hydrogens is 629 g/mol. The molecule has 0 aliphatic heterocycles. The lowest BCUT2D eigenvalue weighted by Gasteiger charge is -2.22. The Morgan fingerprint density at radius 1 is 0.346 bits per heavy atom. The Morgan fingerprint density at radius 3 is 1.71 bits per heavy atom. The quantitative estimate of drug-likeness (QED) is 0.187. The number of hydrogen-bond donors (Lipinski definition) is 0. The molecule has 0 radical (unpaired) electrons. The molecule has 7 aromatic carbocycles. The van der Waals surface area contributed by atoms with Crippen molar-refractivity contribution in [3.8, 4) is 67.3 Å². The van der Waals surface area contributed by atoms with Gasteiger partial charge < -0.3 is 0 Å². The summed E-state index contributed by atoms with van der Waals surface area (Å²) in [6, 6.07) is 57.4. The molecule has 0 atom stereocenters. The second-order valence-electron chi connectivity index (χ2n) is 15.4. The van der Waals surface area contributed by atoms with E-state index in [1.54, 1.807) is 0 Å². The normalized spacial score (nSPS) is 14.5. The van der Waals surface area contributed by atoms with E-state index in [-0.39, 0.29) is 10.8 Å². The van der Waals surface area contributed by atoms with Crippen molar-refractivity contribution in [1.29, 1.82) is 0 Å².